The SMILES string of the molecule is CC(C)(C)OC(=O)CC(NC(=O)c1ccc(CCC(=O)NC2=NCCCN2)s1)C1(Cc2ccccc2)OC=CO1. The van der Waals surface area contributed by atoms with E-state index in [9.17, 15) is 14.4 Å². The van der Waals surface area contributed by atoms with Crippen LogP contribution in [0.1, 0.15) is 60.1 Å². The van der Waals surface area contributed by atoms with Crippen molar-refractivity contribution >= 4 is 35.1 Å². The summed E-state index contributed by atoms with van der Waals surface area (Å²) >= 11 is 1.29. The number of hydrogen-bond donors (Lipinski definition) is 3. The van der Waals surface area contributed by atoms with E-state index in [-0.39, 0.29) is 24.7 Å². The van der Waals surface area contributed by atoms with Crippen LogP contribution in [0.2, 0.25) is 0 Å². The highest BCUT2D eigenvalue weighted by molar-refractivity contribution is 7.14. The van der Waals surface area contributed by atoms with Gasteiger partial charge >= 0.3 is 5.97 Å². The third kappa shape index (κ3) is 8.32. The summed E-state index contributed by atoms with van der Waals surface area (Å²) in [4.78, 5) is 44.2. The van der Waals surface area contributed by atoms with Crippen molar-refractivity contribution in [2.24, 2.45) is 4.99 Å². The van der Waals surface area contributed by atoms with Gasteiger partial charge in [0.1, 0.15) is 24.2 Å². The van der Waals surface area contributed by atoms with Crippen molar-refractivity contribution in [1.82, 2.24) is 16.0 Å². The molecule has 214 valence electrons. The second-order valence-electron chi connectivity index (χ2n) is 10.6. The van der Waals surface area contributed by atoms with Crippen molar-refractivity contribution in [1.29, 1.82) is 0 Å². The van der Waals surface area contributed by atoms with E-state index in [1.165, 1.54) is 23.9 Å². The minimum absolute atomic E-state index is 0.143. The third-order valence-corrected chi connectivity index (χ3v) is 7.29. The standard InChI is InChI=1S/C29H36N4O6S/c1-28(2,3)39-25(35)18-23(29(37-16-17-38-29)19-20-8-5-4-6-9-20)32-26(36)22-12-10-21(40-22)11-13-24(34)33-27-30-14-7-15-31-27/h4-6,8-10,12,16-17,23H,7,11,13-15,18-19H2,1-3H3,(H,32,36)(H2,30,31,33,34). The monoisotopic (exact) mass is 568 g/mol. The summed E-state index contributed by atoms with van der Waals surface area (Å²) in [7, 11) is 0. The molecule has 10 nitrogen and oxygen atoms in total. The largest absolute Gasteiger partial charge is 0.460 e. The summed E-state index contributed by atoms with van der Waals surface area (Å²) in [5.74, 6) is -1.83. The van der Waals surface area contributed by atoms with Gasteiger partial charge in [-0.3, -0.25) is 24.7 Å². The molecule has 1 unspecified atom stereocenters. The Morgan fingerprint density at radius 1 is 1.12 bits per heavy atom. The van der Waals surface area contributed by atoms with Gasteiger partial charge in [-0.1, -0.05) is 30.3 Å². The number of rotatable bonds is 10. The van der Waals surface area contributed by atoms with E-state index in [1.54, 1.807) is 26.8 Å². The van der Waals surface area contributed by atoms with Gasteiger partial charge in [-0.25, -0.2) is 0 Å². The molecular formula is C29H36N4O6S. The number of amides is 2. The summed E-state index contributed by atoms with van der Waals surface area (Å²) in [5, 5.41) is 8.81. The first-order valence-electron chi connectivity index (χ1n) is 13.4. The summed E-state index contributed by atoms with van der Waals surface area (Å²) < 4.78 is 17.4. The first-order valence-corrected chi connectivity index (χ1v) is 14.2. The quantitative estimate of drug-likeness (QED) is 0.375. The number of aliphatic imine (C=N–C) groups is 1. The van der Waals surface area contributed by atoms with Crippen LogP contribution in [0.15, 0.2) is 60.0 Å². The molecule has 3 heterocycles. The van der Waals surface area contributed by atoms with E-state index in [0.717, 1.165) is 23.4 Å². The Kier molecular flexibility index (Phi) is 9.46. The maximum absolute atomic E-state index is 13.4. The molecule has 2 aliphatic rings. The number of hydrogen-bond acceptors (Lipinski definition) is 9. The molecular weight excluding hydrogens is 532 g/mol. The van der Waals surface area contributed by atoms with Gasteiger partial charge in [0.2, 0.25) is 5.91 Å². The Morgan fingerprint density at radius 2 is 1.88 bits per heavy atom. The summed E-state index contributed by atoms with van der Waals surface area (Å²) in [6.45, 7) is 6.84. The maximum Gasteiger partial charge on any atom is 0.308 e. The zero-order valence-electron chi connectivity index (χ0n) is 23.0. The molecule has 2 amide bonds. The van der Waals surface area contributed by atoms with Crippen molar-refractivity contribution < 1.29 is 28.6 Å². The predicted molar refractivity (Wildman–Crippen MR) is 152 cm³/mol. The van der Waals surface area contributed by atoms with E-state index in [2.05, 4.69) is 20.9 Å². The molecule has 0 saturated heterocycles. The molecule has 2 aromatic rings. The fourth-order valence-electron chi connectivity index (χ4n) is 4.34. The van der Waals surface area contributed by atoms with E-state index in [4.69, 9.17) is 14.2 Å². The Balaban J connectivity index is 1.44. The third-order valence-electron chi connectivity index (χ3n) is 6.15. The van der Waals surface area contributed by atoms with Gasteiger partial charge in [-0.15, -0.1) is 11.3 Å². The molecule has 11 heteroatoms. The lowest BCUT2D eigenvalue weighted by atomic mass is 9.95. The van der Waals surface area contributed by atoms with Gasteiger partial charge in [0.25, 0.3) is 11.7 Å². The predicted octanol–water partition coefficient (Wildman–Crippen LogP) is 3.43. The maximum atomic E-state index is 13.4. The van der Waals surface area contributed by atoms with Crippen molar-refractivity contribution in [3.05, 3.63) is 70.3 Å². The molecule has 1 aromatic carbocycles. The summed E-state index contributed by atoms with van der Waals surface area (Å²) in [6.07, 6.45) is 4.65. The Morgan fingerprint density at radius 3 is 2.55 bits per heavy atom. The fraction of sp³-hybridized carbons (Fsp3) is 0.448. The molecule has 3 N–H and O–H groups in total. The number of esters is 1. The van der Waals surface area contributed by atoms with E-state index in [0.29, 0.717) is 30.2 Å². The molecule has 0 bridgehead atoms. The number of thiophene rings is 1. The van der Waals surface area contributed by atoms with Crippen LogP contribution in [0.3, 0.4) is 0 Å². The van der Waals surface area contributed by atoms with Crippen LogP contribution in [0.5, 0.6) is 0 Å². The van der Waals surface area contributed by atoms with Crippen molar-refractivity contribution in [2.45, 2.75) is 70.3 Å². The zero-order chi connectivity index (χ0) is 28.6. The molecule has 40 heavy (non-hydrogen) atoms. The second kappa shape index (κ2) is 13.0. The number of benzene rings is 1. The van der Waals surface area contributed by atoms with Gasteiger partial charge < -0.3 is 24.8 Å². The molecule has 2 aliphatic heterocycles. The van der Waals surface area contributed by atoms with Gasteiger partial charge in [0, 0.05) is 24.4 Å². The van der Waals surface area contributed by atoms with Crippen LogP contribution in [0.4, 0.5) is 0 Å². The molecule has 0 saturated carbocycles. The lowest BCUT2D eigenvalue weighted by Crippen LogP contribution is -2.56. The van der Waals surface area contributed by atoms with Gasteiger partial charge in [-0.05, 0) is 51.3 Å². The van der Waals surface area contributed by atoms with Crippen molar-refractivity contribution in [3.63, 3.8) is 0 Å². The number of nitrogens with zero attached hydrogens (tertiary/aromatic N) is 1. The zero-order valence-corrected chi connectivity index (χ0v) is 23.8. The fourth-order valence-corrected chi connectivity index (χ4v) is 5.25. The molecule has 0 spiro atoms. The van der Waals surface area contributed by atoms with E-state index in [1.807, 2.05) is 36.4 Å². The Labute approximate surface area is 238 Å². The highest BCUT2D eigenvalue weighted by Crippen LogP contribution is 2.32. The molecule has 1 atom stereocenters. The topological polar surface area (TPSA) is 127 Å². The van der Waals surface area contributed by atoms with E-state index >= 15 is 0 Å². The molecule has 0 radical (unpaired) electrons. The normalized spacial score (nSPS) is 16.5. The van der Waals surface area contributed by atoms with Crippen LogP contribution < -0.4 is 16.0 Å². The average Bonchev–Trinajstić information content (AvgIpc) is 3.58. The molecule has 1 aromatic heterocycles. The lowest BCUT2D eigenvalue weighted by molar-refractivity contribution is -0.177. The van der Waals surface area contributed by atoms with Gasteiger partial charge in [0.15, 0.2) is 5.96 Å². The van der Waals surface area contributed by atoms with Crippen LogP contribution in [0, 0.1) is 0 Å². The average molecular weight is 569 g/mol. The van der Waals surface area contributed by atoms with Crippen LogP contribution >= 0.6 is 11.3 Å². The first kappa shape index (κ1) is 29.1. The van der Waals surface area contributed by atoms with E-state index < -0.39 is 23.4 Å². The van der Waals surface area contributed by atoms with Crippen LogP contribution in [-0.4, -0.2) is 54.3 Å². The minimum atomic E-state index is -1.33. The Bertz CT molecular complexity index is 1240. The highest BCUT2D eigenvalue weighted by Gasteiger charge is 2.47. The minimum Gasteiger partial charge on any atom is -0.460 e. The van der Waals surface area contributed by atoms with Crippen molar-refractivity contribution in [3.8, 4) is 0 Å². The highest BCUT2D eigenvalue weighted by atomic mass is 32.1. The number of aryl methyl sites for hydroxylation is 1. The second-order valence-corrected chi connectivity index (χ2v) is 11.8. The molecule has 0 fully saturated rings. The first-order chi connectivity index (χ1) is 19.1. The van der Waals surface area contributed by atoms with Gasteiger partial charge in [0.05, 0.1) is 17.7 Å². The van der Waals surface area contributed by atoms with Crippen LogP contribution in [0.25, 0.3) is 0 Å². The smallest absolute Gasteiger partial charge is 0.308 e. The van der Waals surface area contributed by atoms with Gasteiger partial charge in [-0.2, -0.15) is 0 Å². The number of nitrogens with one attached hydrogen (secondary N) is 3. The number of carbonyl (C=O) groups excluding carboxylic acids is 3. The number of ether oxygens (including phenoxy) is 3. The van der Waals surface area contributed by atoms with Crippen LogP contribution in [-0.2, 0) is 36.6 Å². The molecule has 4 rings (SSSR count). The summed E-state index contributed by atoms with van der Waals surface area (Å²) in [5.41, 5.74) is 0.225. The summed E-state index contributed by atoms with van der Waals surface area (Å²) in [6, 6.07) is 12.3. The number of guanidine groups is 1. The lowest BCUT2D eigenvalue weighted by Gasteiger charge is -2.36. The number of carbonyl (C=O) groups is 3. The van der Waals surface area contributed by atoms with Crippen molar-refractivity contribution in [2.75, 3.05) is 13.1 Å². The molecule has 0 aliphatic carbocycles. The Hall–Kier alpha value is -3.86.